The van der Waals surface area contributed by atoms with Crippen LogP contribution in [0.1, 0.15) is 46.6 Å². The van der Waals surface area contributed by atoms with Crippen molar-refractivity contribution >= 4 is 23.1 Å². The largest absolute Gasteiger partial charge is 0.384 e. The number of nitrogens with zero attached hydrogens (tertiary/aromatic N) is 3. The fraction of sp³-hybridized carbons (Fsp3) is 0.300. The third kappa shape index (κ3) is 4.49. The van der Waals surface area contributed by atoms with Crippen LogP contribution in [0.25, 0.3) is 11.3 Å². The Labute approximate surface area is 162 Å². The summed E-state index contributed by atoms with van der Waals surface area (Å²) < 4.78 is 0. The lowest BCUT2D eigenvalue weighted by molar-refractivity contribution is 0.0954. The number of nitrogens with one attached hydrogen (secondary N) is 1. The average molecular weight is 382 g/mol. The van der Waals surface area contributed by atoms with Crippen molar-refractivity contribution in [3.8, 4) is 11.3 Å². The van der Waals surface area contributed by atoms with Crippen LogP contribution in [-0.2, 0) is 12.0 Å². The monoisotopic (exact) mass is 381 g/mol. The molecule has 0 unspecified atom stereocenters. The maximum Gasteiger partial charge on any atom is 0.263 e. The Hall–Kier alpha value is -2.80. The van der Waals surface area contributed by atoms with Crippen LogP contribution >= 0.6 is 11.3 Å². The number of carbonyl (C=O) groups is 1. The van der Waals surface area contributed by atoms with Crippen molar-refractivity contribution < 1.29 is 4.79 Å². The Morgan fingerprint density at radius 2 is 1.96 bits per heavy atom. The Balaban J connectivity index is 1.69. The third-order valence-corrected chi connectivity index (χ3v) is 5.56. The molecule has 3 N–H and O–H groups in total. The van der Waals surface area contributed by atoms with Crippen molar-refractivity contribution in [3.63, 3.8) is 0 Å². The molecule has 2 heterocycles. The lowest BCUT2D eigenvalue weighted by Gasteiger charge is -2.13. The summed E-state index contributed by atoms with van der Waals surface area (Å²) in [5, 5.41) is 3.93. The second-order valence-electron chi connectivity index (χ2n) is 7.43. The Kier molecular flexibility index (Phi) is 5.23. The number of aromatic nitrogens is 3. The number of nitrogen functional groups attached to an aromatic ring is 1. The smallest absolute Gasteiger partial charge is 0.263 e. The molecular formula is C20H23N5OS. The zero-order chi connectivity index (χ0) is 19.6. The van der Waals surface area contributed by atoms with Crippen LogP contribution < -0.4 is 11.1 Å². The van der Waals surface area contributed by atoms with E-state index in [2.05, 4.69) is 41.0 Å². The minimum atomic E-state index is -0.102. The number of benzene rings is 1. The van der Waals surface area contributed by atoms with E-state index in [1.807, 2.05) is 25.1 Å². The molecule has 140 valence electrons. The highest BCUT2D eigenvalue weighted by molar-refractivity contribution is 7.13. The van der Waals surface area contributed by atoms with E-state index < -0.39 is 0 Å². The molecule has 0 bridgehead atoms. The molecule has 0 fully saturated rings. The molecule has 0 saturated heterocycles. The molecule has 0 saturated carbocycles. The maximum absolute atomic E-state index is 12.4. The van der Waals surface area contributed by atoms with Crippen LogP contribution in [0, 0.1) is 6.92 Å². The quantitative estimate of drug-likeness (QED) is 0.718. The molecule has 27 heavy (non-hydrogen) atoms. The predicted octanol–water partition coefficient (Wildman–Crippen LogP) is 3.72. The highest BCUT2D eigenvalue weighted by atomic mass is 32.1. The van der Waals surface area contributed by atoms with Gasteiger partial charge in [0.2, 0.25) is 0 Å². The van der Waals surface area contributed by atoms with Crippen molar-refractivity contribution in [1.82, 2.24) is 20.3 Å². The van der Waals surface area contributed by atoms with Gasteiger partial charge in [-0.15, -0.1) is 11.3 Å². The summed E-state index contributed by atoms with van der Waals surface area (Å²) >= 11 is 1.44. The molecule has 6 nitrogen and oxygen atoms in total. The SMILES string of the molecule is Cc1cc(-c2cc(N)ncn2)ccc1CNC(=O)c1cnc(C(C)(C)C)s1. The van der Waals surface area contributed by atoms with Gasteiger partial charge in [-0.3, -0.25) is 4.79 Å². The number of hydrogen-bond acceptors (Lipinski definition) is 6. The van der Waals surface area contributed by atoms with Crippen molar-refractivity contribution in [2.75, 3.05) is 5.73 Å². The van der Waals surface area contributed by atoms with Crippen LogP contribution in [0.15, 0.2) is 36.8 Å². The van der Waals surface area contributed by atoms with E-state index in [4.69, 9.17) is 5.73 Å². The van der Waals surface area contributed by atoms with Crippen molar-refractivity contribution in [2.24, 2.45) is 0 Å². The van der Waals surface area contributed by atoms with E-state index >= 15 is 0 Å². The molecule has 0 spiro atoms. The standard InChI is InChI=1S/C20H23N5OS/c1-12-7-13(15-8-17(21)25-11-24-15)5-6-14(12)9-22-18(26)16-10-23-19(27-16)20(2,3)4/h5-8,10-11H,9H2,1-4H3,(H,22,26)(H2,21,24,25). The van der Waals surface area contributed by atoms with Crippen molar-refractivity contribution in [1.29, 1.82) is 0 Å². The van der Waals surface area contributed by atoms with Gasteiger partial charge < -0.3 is 11.1 Å². The van der Waals surface area contributed by atoms with Crippen molar-refractivity contribution in [2.45, 2.75) is 39.7 Å². The zero-order valence-electron chi connectivity index (χ0n) is 15.9. The van der Waals surface area contributed by atoms with Crippen molar-refractivity contribution in [3.05, 3.63) is 57.8 Å². The van der Waals surface area contributed by atoms with Crippen LogP contribution in [-0.4, -0.2) is 20.9 Å². The zero-order valence-corrected chi connectivity index (χ0v) is 16.7. The van der Waals surface area contributed by atoms with Gasteiger partial charge >= 0.3 is 0 Å². The maximum atomic E-state index is 12.4. The lowest BCUT2D eigenvalue weighted by atomic mass is 9.98. The summed E-state index contributed by atoms with van der Waals surface area (Å²) in [6.45, 7) is 8.73. The highest BCUT2D eigenvalue weighted by Crippen LogP contribution is 2.27. The molecule has 0 radical (unpaired) electrons. The first-order valence-electron chi connectivity index (χ1n) is 8.66. The Morgan fingerprint density at radius 3 is 2.59 bits per heavy atom. The van der Waals surface area contributed by atoms with Gasteiger partial charge in [0.25, 0.3) is 5.91 Å². The first-order valence-corrected chi connectivity index (χ1v) is 9.47. The molecule has 2 aromatic heterocycles. The van der Waals surface area contributed by atoms with Gasteiger partial charge in [-0.25, -0.2) is 15.0 Å². The second-order valence-corrected chi connectivity index (χ2v) is 8.46. The topological polar surface area (TPSA) is 93.8 Å². The number of nitrogens with two attached hydrogens (primary N) is 1. The van der Waals surface area contributed by atoms with Gasteiger partial charge in [-0.05, 0) is 24.1 Å². The van der Waals surface area contributed by atoms with E-state index in [9.17, 15) is 4.79 Å². The van der Waals surface area contributed by atoms with Gasteiger partial charge in [-0.2, -0.15) is 0 Å². The number of amides is 1. The fourth-order valence-corrected chi connectivity index (χ4v) is 3.46. The minimum absolute atomic E-state index is 0.0556. The van der Waals surface area contributed by atoms with Gasteiger partial charge in [0.15, 0.2) is 0 Å². The normalized spacial score (nSPS) is 11.4. The Bertz CT molecular complexity index is 974. The van der Waals surface area contributed by atoms with Crippen LogP contribution in [0.4, 0.5) is 5.82 Å². The number of rotatable bonds is 4. The summed E-state index contributed by atoms with van der Waals surface area (Å²) in [4.78, 5) is 25.6. The van der Waals surface area contributed by atoms with E-state index in [-0.39, 0.29) is 11.3 Å². The lowest BCUT2D eigenvalue weighted by Crippen LogP contribution is -2.22. The fourth-order valence-electron chi connectivity index (χ4n) is 2.57. The van der Waals surface area contributed by atoms with Crippen LogP contribution in [0.3, 0.4) is 0 Å². The number of thiazole rings is 1. The molecule has 0 atom stereocenters. The van der Waals surface area contributed by atoms with Gasteiger partial charge in [0.1, 0.15) is 17.0 Å². The van der Waals surface area contributed by atoms with Gasteiger partial charge in [-0.1, -0.05) is 32.9 Å². The third-order valence-electron chi connectivity index (χ3n) is 4.14. The predicted molar refractivity (Wildman–Crippen MR) is 109 cm³/mol. The first kappa shape index (κ1) is 19.0. The number of hydrogen-bond donors (Lipinski definition) is 2. The Morgan fingerprint density at radius 1 is 1.19 bits per heavy atom. The molecule has 7 heteroatoms. The molecular weight excluding hydrogens is 358 g/mol. The molecule has 0 aliphatic heterocycles. The number of carbonyl (C=O) groups excluding carboxylic acids is 1. The van der Waals surface area contributed by atoms with Gasteiger partial charge in [0.05, 0.1) is 16.9 Å². The molecule has 3 rings (SSSR count). The minimum Gasteiger partial charge on any atom is -0.384 e. The summed E-state index contributed by atoms with van der Waals surface area (Å²) in [5.41, 5.74) is 9.54. The molecule has 1 amide bonds. The summed E-state index contributed by atoms with van der Waals surface area (Å²) in [6, 6.07) is 7.75. The van der Waals surface area contributed by atoms with Crippen LogP contribution in [0.5, 0.6) is 0 Å². The highest BCUT2D eigenvalue weighted by Gasteiger charge is 2.20. The summed E-state index contributed by atoms with van der Waals surface area (Å²) in [5.74, 6) is 0.336. The van der Waals surface area contributed by atoms with E-state index in [1.165, 1.54) is 17.7 Å². The number of anilines is 1. The number of aryl methyl sites for hydroxylation is 1. The van der Waals surface area contributed by atoms with E-state index in [0.717, 1.165) is 27.4 Å². The van der Waals surface area contributed by atoms with E-state index in [1.54, 1.807) is 12.3 Å². The average Bonchev–Trinajstić information content (AvgIpc) is 3.11. The molecule has 0 aliphatic rings. The molecule has 0 aliphatic carbocycles. The first-order chi connectivity index (χ1) is 12.7. The van der Waals surface area contributed by atoms with Gasteiger partial charge in [0, 0.05) is 23.6 Å². The van der Waals surface area contributed by atoms with E-state index in [0.29, 0.717) is 17.2 Å². The summed E-state index contributed by atoms with van der Waals surface area (Å²) in [6.07, 6.45) is 3.10. The second kappa shape index (κ2) is 7.44. The van der Waals surface area contributed by atoms with Crippen LogP contribution in [0.2, 0.25) is 0 Å². The summed E-state index contributed by atoms with van der Waals surface area (Å²) in [7, 11) is 0. The molecule has 1 aromatic carbocycles. The molecule has 3 aromatic rings.